The molecule has 0 amide bonds. The Labute approximate surface area is 784 Å². The van der Waals surface area contributed by atoms with Crippen LogP contribution in [0.4, 0.5) is 0 Å². The summed E-state index contributed by atoms with van der Waals surface area (Å²) in [5.74, 6) is 3.59. The van der Waals surface area contributed by atoms with Crippen LogP contribution in [0.1, 0.15) is 0 Å². The maximum Gasteiger partial charge on any atom is 0.164 e. The number of benzene rings is 20. The Morgan fingerprint density at radius 3 is 0.897 bits per heavy atom. The molecule has 0 spiro atoms. The molecule has 26 rings (SSSR count). The van der Waals surface area contributed by atoms with Gasteiger partial charge in [0.1, 0.15) is 22.3 Å². The summed E-state index contributed by atoms with van der Waals surface area (Å²) in [4.78, 5) is 31.6. The number of para-hydroxylation sites is 6. The minimum Gasteiger partial charge on any atom is -0.455 e. The van der Waals surface area contributed by atoms with E-state index in [9.17, 15) is 0 Å². The fraction of sp³-hybridized carbons (Fsp3) is 0. The van der Waals surface area contributed by atoms with Crippen molar-refractivity contribution >= 4 is 87.5 Å². The third kappa shape index (κ3) is 14.8. The molecule has 6 aromatic heterocycles. The van der Waals surface area contributed by atoms with Gasteiger partial charge in [0, 0.05) is 99.0 Å². The topological polar surface area (TPSA) is 113 Å². The molecule has 0 radical (unpaired) electrons. The van der Waals surface area contributed by atoms with Crippen LogP contribution < -0.4 is 0 Å². The number of rotatable bonds is 16. The van der Waals surface area contributed by atoms with Crippen LogP contribution in [0.2, 0.25) is 0 Å². The van der Waals surface area contributed by atoms with E-state index >= 15 is 0 Å². The average Bonchev–Trinajstić information content (AvgIpc) is 1.57. The van der Waals surface area contributed by atoms with Gasteiger partial charge in [0.25, 0.3) is 0 Å². The van der Waals surface area contributed by atoms with Gasteiger partial charge < -0.3 is 18.0 Å². The predicted octanol–water partition coefficient (Wildman–Crippen LogP) is 33.1. The van der Waals surface area contributed by atoms with Gasteiger partial charge in [-0.15, -0.1) is 0 Å². The Morgan fingerprint density at radius 2 is 0.441 bits per heavy atom. The lowest BCUT2D eigenvalue weighted by Gasteiger charge is -2.16. The molecule has 0 N–H and O–H groups in total. The smallest absolute Gasteiger partial charge is 0.164 e. The van der Waals surface area contributed by atoms with Gasteiger partial charge in [-0.05, 0) is 157 Å². The fourth-order valence-electron chi connectivity index (χ4n) is 19.5. The van der Waals surface area contributed by atoms with Crippen molar-refractivity contribution in [3.8, 4) is 169 Å². The van der Waals surface area contributed by atoms with E-state index in [0.29, 0.717) is 34.9 Å². The summed E-state index contributed by atoms with van der Waals surface area (Å²) in [5.41, 5.74) is 33.0. The Kier molecular flexibility index (Phi) is 20.0. The molecule has 6 heterocycles. The lowest BCUT2D eigenvalue weighted by molar-refractivity contribution is 0.669. The molecule has 10 nitrogen and oxygen atoms in total. The number of aromatic nitrogens is 8. The van der Waals surface area contributed by atoms with Crippen molar-refractivity contribution in [3.05, 3.63) is 485 Å². The molecule has 136 heavy (non-hydrogen) atoms. The van der Waals surface area contributed by atoms with Crippen LogP contribution >= 0.6 is 0 Å². The Morgan fingerprint density at radius 1 is 0.140 bits per heavy atom. The van der Waals surface area contributed by atoms with Gasteiger partial charge in [-0.3, -0.25) is 0 Å². The van der Waals surface area contributed by atoms with Crippen molar-refractivity contribution in [1.82, 2.24) is 39.0 Å². The van der Waals surface area contributed by atoms with E-state index in [4.69, 9.17) is 38.7 Å². The van der Waals surface area contributed by atoms with Crippen molar-refractivity contribution in [2.45, 2.75) is 0 Å². The van der Waals surface area contributed by atoms with Crippen molar-refractivity contribution in [3.63, 3.8) is 0 Å². The molecule has 0 atom stereocenters. The normalized spacial score (nSPS) is 11.5. The van der Waals surface area contributed by atoms with Crippen LogP contribution in [0, 0.1) is 0 Å². The van der Waals surface area contributed by atoms with Crippen LogP contribution in [0.15, 0.2) is 494 Å². The zero-order chi connectivity index (χ0) is 89.9. The highest BCUT2D eigenvalue weighted by Gasteiger charge is 2.25. The molecule has 0 saturated heterocycles. The first-order chi connectivity index (χ1) is 67.4. The monoisotopic (exact) mass is 1740 g/mol. The first kappa shape index (κ1) is 79.8. The molecule has 10 heteroatoms. The molecule has 0 unspecified atom stereocenters. The van der Waals surface area contributed by atoms with Crippen molar-refractivity contribution < 1.29 is 8.83 Å². The number of furan rings is 2. The SMILES string of the molecule is c1ccc(-c2ccc(-c3nc(-c4ccc(-c5ccccc5)cc4)nc(-c4ccc(-n5c6ccccc6c6ccc(-c7cccc8c7oc7ccccc78)cc65)cc4-c4ccccc4)n3)cc2)cc1.c1ccc(-c2ccc(-c3nc(-c4cccc(-c5ccccc5)c4)nc(-c4cc(-c5ccccc5)cc(-n5c6ccccc6c6ccc(-c7cccc8c7oc7ccccc78)cc65)c4)n3)cc2)cc1. The Bertz CT molecular complexity index is 8950. The zero-order valence-electron chi connectivity index (χ0n) is 73.6. The summed E-state index contributed by atoms with van der Waals surface area (Å²) in [6, 6.07) is 170. The fourth-order valence-corrected chi connectivity index (χ4v) is 19.5. The van der Waals surface area contributed by atoms with Gasteiger partial charge in [0.15, 0.2) is 34.9 Å². The second-order valence-electron chi connectivity index (χ2n) is 34.3. The molecule has 0 aliphatic heterocycles. The number of hydrogen-bond donors (Lipinski definition) is 0. The van der Waals surface area contributed by atoms with Gasteiger partial charge >= 0.3 is 0 Å². The lowest BCUT2D eigenvalue weighted by atomic mass is 9.97. The predicted molar refractivity (Wildman–Crippen MR) is 559 cm³/mol. The van der Waals surface area contributed by atoms with E-state index in [0.717, 1.165) is 205 Å². The van der Waals surface area contributed by atoms with Gasteiger partial charge in [-0.2, -0.15) is 0 Å². The quantitative estimate of drug-likeness (QED) is 0.0940. The Balaban J connectivity index is 0.000000145. The van der Waals surface area contributed by atoms with Gasteiger partial charge in [-0.25, -0.2) is 29.9 Å². The van der Waals surface area contributed by atoms with Crippen LogP contribution in [0.3, 0.4) is 0 Å². The largest absolute Gasteiger partial charge is 0.455 e. The van der Waals surface area contributed by atoms with E-state index in [1.807, 2.05) is 48.5 Å². The summed E-state index contributed by atoms with van der Waals surface area (Å²) in [5, 5.41) is 9.14. The molecule has 0 aliphatic rings. The summed E-state index contributed by atoms with van der Waals surface area (Å²) in [6.45, 7) is 0. The van der Waals surface area contributed by atoms with Gasteiger partial charge in [0.05, 0.1) is 22.1 Å². The van der Waals surface area contributed by atoms with E-state index in [2.05, 4.69) is 446 Å². The minimum absolute atomic E-state index is 0.583. The summed E-state index contributed by atoms with van der Waals surface area (Å²) >= 11 is 0. The molecule has 0 aliphatic carbocycles. The number of hydrogen-bond acceptors (Lipinski definition) is 8. The second kappa shape index (κ2) is 34.2. The maximum atomic E-state index is 6.57. The standard InChI is InChI=1S/2C63H40N4O/c1-4-16-41(17-5-1)44-30-32-45(33-31-44)61-64-62(48-23-14-22-46(36-48)42-18-6-2-7-19-42)66-63(65-61)50-37-49(43-20-8-3-9-21-43)38-51(39-50)67-57-28-12-10-24-53(57)54-35-34-47(40-58(54)67)52-26-15-27-56-55-25-11-13-29-59(55)68-60(52)56;1-4-15-41(16-5-1)43-27-31-46(32-28-43)61-64-62(47-33-29-44(30-34-47)42-17-6-2-7-18-42)66-63(65-61)55-38-36-49(40-56(55)45-19-8-3-9-20-45)67-57-25-12-10-21-51(57)52-37-35-48(39-58(52)67)50-23-14-24-54-53-22-11-13-26-59(53)68-60(50)54/h2*1-40H. The van der Waals surface area contributed by atoms with E-state index in [-0.39, 0.29) is 0 Å². The van der Waals surface area contributed by atoms with Gasteiger partial charge in [-0.1, -0.05) is 406 Å². The number of fused-ring (bicyclic) bond motifs is 12. The molecular weight excluding hydrogens is 1660 g/mol. The van der Waals surface area contributed by atoms with Crippen molar-refractivity contribution in [2.24, 2.45) is 0 Å². The highest BCUT2D eigenvalue weighted by molar-refractivity contribution is 6.15. The summed E-state index contributed by atoms with van der Waals surface area (Å²) in [6.07, 6.45) is 0. The van der Waals surface area contributed by atoms with Crippen LogP contribution in [-0.2, 0) is 0 Å². The molecule has 0 bridgehead atoms. The summed E-state index contributed by atoms with van der Waals surface area (Å²) in [7, 11) is 0. The molecule has 0 saturated carbocycles. The van der Waals surface area contributed by atoms with E-state index in [1.54, 1.807) is 0 Å². The van der Waals surface area contributed by atoms with Crippen LogP contribution in [0.25, 0.3) is 256 Å². The first-order valence-electron chi connectivity index (χ1n) is 45.8. The van der Waals surface area contributed by atoms with Gasteiger partial charge in [0.2, 0.25) is 0 Å². The van der Waals surface area contributed by atoms with Crippen LogP contribution in [0.5, 0.6) is 0 Å². The molecular formula is C126H80N8O2. The number of nitrogens with zero attached hydrogens (tertiary/aromatic N) is 8. The second-order valence-corrected chi connectivity index (χ2v) is 34.3. The lowest BCUT2D eigenvalue weighted by Crippen LogP contribution is -2.02. The molecule has 636 valence electrons. The van der Waals surface area contributed by atoms with E-state index < -0.39 is 0 Å². The Hall–Kier alpha value is -18.4. The maximum absolute atomic E-state index is 6.57. The van der Waals surface area contributed by atoms with Crippen LogP contribution in [-0.4, -0.2) is 39.0 Å². The van der Waals surface area contributed by atoms with E-state index in [1.165, 1.54) is 16.2 Å². The third-order valence-corrected chi connectivity index (χ3v) is 26.2. The summed E-state index contributed by atoms with van der Waals surface area (Å²) < 4.78 is 17.9. The highest BCUT2D eigenvalue weighted by Crippen LogP contribution is 2.46. The average molecular weight is 1740 g/mol. The minimum atomic E-state index is 0.583. The zero-order valence-corrected chi connectivity index (χ0v) is 73.6. The molecule has 26 aromatic rings. The molecule has 20 aromatic carbocycles. The molecule has 0 fully saturated rings. The van der Waals surface area contributed by atoms with Crippen molar-refractivity contribution in [2.75, 3.05) is 0 Å². The highest BCUT2D eigenvalue weighted by atomic mass is 16.3. The third-order valence-electron chi connectivity index (χ3n) is 26.2. The van der Waals surface area contributed by atoms with Crippen molar-refractivity contribution in [1.29, 1.82) is 0 Å². The first-order valence-corrected chi connectivity index (χ1v) is 45.8.